The topological polar surface area (TPSA) is 370 Å². The van der Waals surface area contributed by atoms with Crippen molar-refractivity contribution in [3.8, 4) is 23.3 Å². The van der Waals surface area contributed by atoms with Crippen LogP contribution in [0.15, 0.2) is 90.3 Å². The average Bonchev–Trinajstić information content (AvgIpc) is 1.17. The van der Waals surface area contributed by atoms with Gasteiger partial charge in [-0.05, 0) is 109 Å². The second-order valence-electron chi connectivity index (χ2n) is 24.8. The van der Waals surface area contributed by atoms with E-state index in [4.69, 9.17) is 29.4 Å². The Hall–Kier alpha value is -7.20. The molecule has 8 aliphatic rings. The summed E-state index contributed by atoms with van der Waals surface area (Å²) in [6.07, 6.45) is -9.07. The molecule has 91 heavy (non-hydrogen) atoms. The van der Waals surface area contributed by atoms with Gasteiger partial charge in [-0.15, -0.1) is 0 Å². The zero-order valence-corrected chi connectivity index (χ0v) is 50.5. The van der Waals surface area contributed by atoms with Gasteiger partial charge in [0.05, 0.1) is 69.0 Å². The average molecular weight is 1250 g/mol. The molecule has 7 aliphatic heterocycles. The molecule has 0 saturated carbocycles. The second kappa shape index (κ2) is 27.2. The zero-order valence-electron chi connectivity index (χ0n) is 50.5. The molecule has 484 valence electrons. The van der Waals surface area contributed by atoms with E-state index in [1.807, 2.05) is 60.5 Å². The molecular weight excluding hydrogens is 1170 g/mol. The number of hydrogen-bond acceptors (Lipinski definition) is 24. The predicted octanol–water partition coefficient (Wildman–Crippen LogP) is -1.22. The highest BCUT2D eigenvalue weighted by Gasteiger charge is 2.58. The Kier molecular flexibility index (Phi) is 19.1. The summed E-state index contributed by atoms with van der Waals surface area (Å²) in [5.41, 5.74) is 14.2. The molecule has 25 heteroatoms. The number of hydrazine groups is 1. The van der Waals surface area contributed by atoms with Crippen molar-refractivity contribution in [3.05, 3.63) is 146 Å². The van der Waals surface area contributed by atoms with Gasteiger partial charge in [0.15, 0.2) is 28.7 Å². The van der Waals surface area contributed by atoms with Gasteiger partial charge >= 0.3 is 0 Å². The van der Waals surface area contributed by atoms with Crippen LogP contribution in [0, 0.1) is 29.6 Å². The van der Waals surface area contributed by atoms with E-state index in [9.17, 15) is 45.3 Å². The number of amides is 1. The van der Waals surface area contributed by atoms with Crippen LogP contribution < -0.4 is 57.5 Å². The molecule has 0 aromatic heterocycles. The molecule has 25 nitrogen and oxygen atoms in total. The number of rotatable bonds is 15. The number of dihydropyridines is 1. The minimum Gasteiger partial charge on any atom is -0.486 e. The highest BCUT2D eigenvalue weighted by molar-refractivity contribution is 6.29. The summed E-state index contributed by atoms with van der Waals surface area (Å²) in [4.78, 5) is 58.5. The Morgan fingerprint density at radius 3 is 2.54 bits per heavy atom. The van der Waals surface area contributed by atoms with Gasteiger partial charge in [0.1, 0.15) is 55.5 Å². The minimum absolute atomic E-state index is 0.0243. The molecule has 1 amide bonds. The van der Waals surface area contributed by atoms with Crippen LogP contribution in [0.5, 0.6) is 11.5 Å². The summed E-state index contributed by atoms with van der Waals surface area (Å²) in [6, 6.07) is 18.6. The summed E-state index contributed by atoms with van der Waals surface area (Å²) in [5, 5.41) is 99.9. The van der Waals surface area contributed by atoms with Crippen LogP contribution >= 0.6 is 0 Å². The number of nitrogens with two attached hydrogens (primary N) is 1. The normalized spacial score (nSPS) is 31.0. The van der Waals surface area contributed by atoms with Gasteiger partial charge in [0.2, 0.25) is 12.2 Å². The third-order valence-corrected chi connectivity index (χ3v) is 18.5. The molecule has 4 aromatic carbocycles. The molecule has 3 saturated heterocycles. The number of hydrogen-bond donors (Lipinski definition) is 15. The standard InChI is InChI=1S/C66H79N9O16/c1-33(78)25-71-74-52-23-38(12-15-69-52)47-30-89-60-61(84)66(86)14-11-39(20-35-17-36(22-50(47)81)19-37(18-35)26-68-2)49(80)10-8-40-28-87-31-51(66)90-64(60)91-58-46(53(40)43-5-3-4-6-48(43)75-32-70-55-62(75)72-65(67)73-63(55)85)24-45-54(59(58)88-29-41(79)13-16-76)57(83)44-21-34(27-77)7-9-42(44)56(45)82/h3-7,9,12,16-19,21,23-24,33,39-41,47,49-51,53,55,60-62,64-65,68-72,74,77-81,84,86H,8,10,13,15,20,22,25-32,67H2,1-2H3,(H,73,85). The summed E-state index contributed by atoms with van der Waals surface area (Å²) < 4.78 is 34.7. The van der Waals surface area contributed by atoms with Gasteiger partial charge < -0.3 is 90.5 Å². The number of aldehydes is 1. The first kappa shape index (κ1) is 63.9. The molecule has 3 fully saturated rings. The van der Waals surface area contributed by atoms with Crippen LogP contribution in [-0.4, -0.2) is 186 Å². The fourth-order valence-corrected chi connectivity index (χ4v) is 13.9. The third kappa shape index (κ3) is 12.9. The van der Waals surface area contributed by atoms with Gasteiger partial charge in [-0.2, -0.15) is 0 Å². The van der Waals surface area contributed by atoms with Crippen molar-refractivity contribution in [1.29, 1.82) is 0 Å². The van der Waals surface area contributed by atoms with Crippen LogP contribution in [0.4, 0.5) is 5.69 Å². The maximum Gasteiger partial charge on any atom is 0.242 e. The van der Waals surface area contributed by atoms with E-state index < -0.39 is 135 Å². The minimum atomic E-state index is -2.54. The number of anilines is 1. The first-order valence-electron chi connectivity index (χ1n) is 31.0. The lowest BCUT2D eigenvalue weighted by molar-refractivity contribution is -0.310. The number of aliphatic hydroxyl groups is 7. The van der Waals surface area contributed by atoms with Crippen molar-refractivity contribution in [2.75, 3.05) is 58.1 Å². The fraction of sp³-hybridized carbons (Fsp3) is 0.485. The molecule has 16 atom stereocenters. The first-order valence-corrected chi connectivity index (χ1v) is 31.0. The van der Waals surface area contributed by atoms with Gasteiger partial charge in [0.25, 0.3) is 0 Å². The van der Waals surface area contributed by atoms with E-state index >= 15 is 9.59 Å². The van der Waals surface area contributed by atoms with Crippen LogP contribution in [0.1, 0.15) is 97.3 Å². The summed E-state index contributed by atoms with van der Waals surface area (Å²) in [6.45, 7) is 0.739. The number of ether oxygens (including phenoxy) is 5. The Labute approximate surface area is 525 Å². The fourth-order valence-electron chi connectivity index (χ4n) is 13.9. The molecule has 7 heterocycles. The summed E-state index contributed by atoms with van der Waals surface area (Å²) in [5.74, 6) is 0.925. The third-order valence-electron chi connectivity index (χ3n) is 18.5. The molecule has 8 bridgehead atoms. The van der Waals surface area contributed by atoms with Crippen molar-refractivity contribution >= 4 is 29.4 Å². The Bertz CT molecular complexity index is 3560. The number of carbonyl (C=O) groups is 4. The smallest absolute Gasteiger partial charge is 0.242 e. The molecule has 0 radical (unpaired) electrons. The molecular formula is C66H79N9O16. The lowest BCUT2D eigenvalue weighted by atomic mass is 9.74. The summed E-state index contributed by atoms with van der Waals surface area (Å²) in [7, 11) is 1.83. The van der Waals surface area contributed by atoms with E-state index in [-0.39, 0.29) is 97.3 Å². The lowest BCUT2D eigenvalue weighted by Crippen LogP contribution is -2.70. The van der Waals surface area contributed by atoms with Crippen molar-refractivity contribution in [3.63, 3.8) is 0 Å². The maximum absolute atomic E-state index is 15.5. The maximum atomic E-state index is 15.5. The highest BCUT2D eigenvalue weighted by atomic mass is 16.7. The predicted molar refractivity (Wildman–Crippen MR) is 327 cm³/mol. The number of ketones is 2. The molecule has 16 unspecified atom stereocenters. The molecule has 4 aromatic rings. The van der Waals surface area contributed by atoms with E-state index in [1.54, 1.807) is 25.1 Å². The number of para-hydroxylation sites is 1. The SMILES string of the molecule is CNCc1cc2cc(c1)CC1C#CC3(O)C4COCC(CCC1O)C(c1ccccc1N1CNC5C(=O)NC(N)NC51)c1cc5c(c(OCC(O)CC=O)c1OC(O4)C(OCC(C1=CCNC(NNCC(C)O)=C1)C(O)C2)C3O)C(=O)c1cc(CO)ccc1C5=O. The van der Waals surface area contributed by atoms with Crippen LogP contribution in [-0.2, 0) is 49.8 Å². The van der Waals surface area contributed by atoms with Gasteiger partial charge in [-0.25, -0.2) is 5.43 Å². The van der Waals surface area contributed by atoms with Gasteiger partial charge in [-0.3, -0.25) is 30.8 Å². The lowest BCUT2D eigenvalue weighted by Gasteiger charge is -2.47. The Morgan fingerprint density at radius 2 is 1.75 bits per heavy atom. The van der Waals surface area contributed by atoms with E-state index in [0.29, 0.717) is 47.6 Å². The molecule has 16 N–H and O–H groups in total. The van der Waals surface area contributed by atoms with Crippen LogP contribution in [0.25, 0.3) is 0 Å². The quantitative estimate of drug-likeness (QED) is 0.0332. The monoisotopic (exact) mass is 1250 g/mol. The first-order chi connectivity index (χ1) is 43.9. The van der Waals surface area contributed by atoms with Crippen LogP contribution in [0.2, 0.25) is 0 Å². The van der Waals surface area contributed by atoms with E-state index in [2.05, 4.69) is 49.3 Å². The molecule has 0 spiro atoms. The number of nitrogens with one attached hydrogen (secondary N) is 7. The Morgan fingerprint density at radius 1 is 0.934 bits per heavy atom. The van der Waals surface area contributed by atoms with E-state index in [0.717, 1.165) is 16.7 Å². The largest absolute Gasteiger partial charge is 0.486 e. The second-order valence-corrected chi connectivity index (χ2v) is 24.8. The number of allylic oxidation sites excluding steroid dienone is 1. The molecule has 1 aliphatic carbocycles. The zero-order chi connectivity index (χ0) is 63.8. The number of carbonyl (C=O) groups excluding carboxylic acids is 4. The number of nitrogens with zero attached hydrogens (tertiary/aromatic N) is 1. The van der Waals surface area contributed by atoms with Crippen molar-refractivity contribution in [2.24, 2.45) is 23.5 Å². The van der Waals surface area contributed by atoms with Gasteiger partial charge in [-0.1, -0.05) is 60.4 Å². The van der Waals surface area contributed by atoms with Crippen LogP contribution in [0.3, 0.4) is 0 Å². The summed E-state index contributed by atoms with van der Waals surface area (Å²) >= 11 is 0. The van der Waals surface area contributed by atoms with Gasteiger partial charge in [0, 0.05) is 65.8 Å². The van der Waals surface area contributed by atoms with Crippen molar-refractivity contribution < 1.29 is 78.6 Å². The number of aliphatic hydroxyl groups excluding tert-OH is 6. The Balaban J connectivity index is 1.11. The van der Waals surface area contributed by atoms with Crippen molar-refractivity contribution in [1.82, 2.24) is 37.4 Å². The number of fused-ring (bicyclic) bond motifs is 13. The van der Waals surface area contributed by atoms with E-state index in [1.165, 1.54) is 12.1 Å². The highest BCUT2D eigenvalue weighted by Crippen LogP contribution is 2.52. The molecule has 12 rings (SSSR count). The van der Waals surface area contributed by atoms with Crippen molar-refractivity contribution in [2.45, 2.75) is 131 Å². The number of benzene rings is 4.